The van der Waals surface area contributed by atoms with Gasteiger partial charge in [0.25, 0.3) is 0 Å². The molecule has 2 rings (SSSR count). The summed E-state index contributed by atoms with van der Waals surface area (Å²) >= 11 is 0. The third kappa shape index (κ3) is 3.55. The number of benzene rings is 2. The third-order valence-electron chi connectivity index (χ3n) is 2.90. The second kappa shape index (κ2) is 5.85. The molecule has 1 atom stereocenters. The SMILES string of the molecule is Cc1cccc(COc2ccc(F)cc2[C@@H](C)O)c1. The van der Waals surface area contributed by atoms with Crippen molar-refractivity contribution in [2.75, 3.05) is 0 Å². The van der Waals surface area contributed by atoms with Gasteiger partial charge in [-0.1, -0.05) is 29.8 Å². The Kier molecular flexibility index (Phi) is 4.17. The van der Waals surface area contributed by atoms with Crippen LogP contribution in [0.15, 0.2) is 42.5 Å². The first kappa shape index (κ1) is 13.6. The Hall–Kier alpha value is -1.87. The van der Waals surface area contributed by atoms with Crippen LogP contribution >= 0.6 is 0 Å². The Morgan fingerprint density at radius 2 is 2.00 bits per heavy atom. The Morgan fingerprint density at radius 1 is 1.21 bits per heavy atom. The molecule has 2 nitrogen and oxygen atoms in total. The van der Waals surface area contributed by atoms with Gasteiger partial charge < -0.3 is 9.84 Å². The fourth-order valence-electron chi connectivity index (χ4n) is 1.94. The summed E-state index contributed by atoms with van der Waals surface area (Å²) in [4.78, 5) is 0. The number of ether oxygens (including phenoxy) is 1. The summed E-state index contributed by atoms with van der Waals surface area (Å²) in [5.74, 6) is 0.136. The van der Waals surface area contributed by atoms with Crippen molar-refractivity contribution in [1.82, 2.24) is 0 Å². The fourth-order valence-corrected chi connectivity index (χ4v) is 1.94. The lowest BCUT2D eigenvalue weighted by Gasteiger charge is -2.13. The minimum absolute atomic E-state index is 0.376. The highest BCUT2D eigenvalue weighted by Gasteiger charge is 2.10. The lowest BCUT2D eigenvalue weighted by atomic mass is 10.1. The van der Waals surface area contributed by atoms with Crippen molar-refractivity contribution in [3.8, 4) is 5.75 Å². The minimum Gasteiger partial charge on any atom is -0.489 e. The lowest BCUT2D eigenvalue weighted by molar-refractivity contribution is 0.189. The summed E-state index contributed by atoms with van der Waals surface area (Å²) in [6.07, 6.45) is -0.761. The van der Waals surface area contributed by atoms with Gasteiger partial charge in [-0.3, -0.25) is 0 Å². The van der Waals surface area contributed by atoms with Gasteiger partial charge in [-0.25, -0.2) is 4.39 Å². The van der Waals surface area contributed by atoms with E-state index < -0.39 is 6.10 Å². The van der Waals surface area contributed by atoms with Gasteiger partial charge in [0, 0.05) is 5.56 Å². The van der Waals surface area contributed by atoms with E-state index in [4.69, 9.17) is 4.74 Å². The normalized spacial score (nSPS) is 12.2. The Labute approximate surface area is 112 Å². The van der Waals surface area contributed by atoms with Gasteiger partial charge >= 0.3 is 0 Å². The average molecular weight is 260 g/mol. The molecule has 0 aliphatic carbocycles. The quantitative estimate of drug-likeness (QED) is 0.906. The molecule has 0 fully saturated rings. The minimum atomic E-state index is -0.761. The molecule has 0 aliphatic rings. The van der Waals surface area contributed by atoms with Crippen molar-refractivity contribution in [2.45, 2.75) is 26.6 Å². The van der Waals surface area contributed by atoms with Crippen LogP contribution in [0.5, 0.6) is 5.75 Å². The van der Waals surface area contributed by atoms with E-state index in [0.29, 0.717) is 17.9 Å². The largest absolute Gasteiger partial charge is 0.489 e. The van der Waals surface area contributed by atoms with Crippen LogP contribution in [0.3, 0.4) is 0 Å². The van der Waals surface area contributed by atoms with E-state index in [-0.39, 0.29) is 5.82 Å². The second-order valence-corrected chi connectivity index (χ2v) is 4.64. The molecule has 2 aromatic carbocycles. The number of rotatable bonds is 4. The van der Waals surface area contributed by atoms with Crippen molar-refractivity contribution < 1.29 is 14.2 Å². The van der Waals surface area contributed by atoms with E-state index >= 15 is 0 Å². The number of halogens is 1. The molecule has 0 amide bonds. The number of aliphatic hydroxyl groups excluding tert-OH is 1. The Morgan fingerprint density at radius 3 is 2.68 bits per heavy atom. The first-order chi connectivity index (χ1) is 9.06. The molecule has 0 aromatic heterocycles. The maximum Gasteiger partial charge on any atom is 0.125 e. The molecule has 0 heterocycles. The highest BCUT2D eigenvalue weighted by Crippen LogP contribution is 2.26. The van der Waals surface area contributed by atoms with Crippen LogP contribution in [0.1, 0.15) is 29.7 Å². The van der Waals surface area contributed by atoms with Gasteiger partial charge in [0.15, 0.2) is 0 Å². The molecule has 0 aliphatic heterocycles. The van der Waals surface area contributed by atoms with Gasteiger partial charge in [0.1, 0.15) is 18.2 Å². The van der Waals surface area contributed by atoms with E-state index in [1.165, 1.54) is 12.1 Å². The summed E-state index contributed by atoms with van der Waals surface area (Å²) in [5.41, 5.74) is 2.67. The van der Waals surface area contributed by atoms with Crippen molar-refractivity contribution in [3.63, 3.8) is 0 Å². The van der Waals surface area contributed by atoms with Crippen LogP contribution < -0.4 is 4.74 Å². The van der Waals surface area contributed by atoms with Crippen LogP contribution in [0.2, 0.25) is 0 Å². The van der Waals surface area contributed by atoms with Gasteiger partial charge in [0.05, 0.1) is 6.10 Å². The molecule has 0 spiro atoms. The van der Waals surface area contributed by atoms with Crippen LogP contribution in [-0.2, 0) is 6.61 Å². The molecule has 0 saturated carbocycles. The van der Waals surface area contributed by atoms with E-state index in [2.05, 4.69) is 0 Å². The molecule has 0 saturated heterocycles. The zero-order chi connectivity index (χ0) is 13.8. The molecule has 19 heavy (non-hydrogen) atoms. The Bertz CT molecular complexity index is 564. The summed E-state index contributed by atoms with van der Waals surface area (Å²) < 4.78 is 18.8. The topological polar surface area (TPSA) is 29.5 Å². The number of hydrogen-bond donors (Lipinski definition) is 1. The zero-order valence-electron chi connectivity index (χ0n) is 11.1. The standard InChI is InChI=1S/C16H17FO2/c1-11-4-3-5-13(8-11)10-19-16-7-6-14(17)9-15(16)12(2)18/h3-9,12,18H,10H2,1-2H3/t12-/m1/s1. The van der Waals surface area contributed by atoms with Gasteiger partial charge in [0.2, 0.25) is 0 Å². The first-order valence-corrected chi connectivity index (χ1v) is 6.22. The lowest BCUT2D eigenvalue weighted by Crippen LogP contribution is -2.01. The number of aliphatic hydroxyl groups is 1. The fraction of sp³-hybridized carbons (Fsp3) is 0.250. The molecule has 0 bridgehead atoms. The molecule has 0 unspecified atom stereocenters. The van der Waals surface area contributed by atoms with Crippen molar-refractivity contribution in [1.29, 1.82) is 0 Å². The highest BCUT2D eigenvalue weighted by molar-refractivity contribution is 5.35. The maximum atomic E-state index is 13.2. The highest BCUT2D eigenvalue weighted by atomic mass is 19.1. The number of aryl methyl sites for hydroxylation is 1. The van der Waals surface area contributed by atoms with Gasteiger partial charge in [-0.15, -0.1) is 0 Å². The molecule has 3 heteroatoms. The summed E-state index contributed by atoms with van der Waals surface area (Å²) in [7, 11) is 0. The molecule has 2 aromatic rings. The van der Waals surface area contributed by atoms with E-state index in [1.807, 2.05) is 31.2 Å². The summed E-state index contributed by atoms with van der Waals surface area (Å²) in [5, 5.41) is 9.62. The van der Waals surface area contributed by atoms with Crippen molar-refractivity contribution in [2.24, 2.45) is 0 Å². The number of hydrogen-bond acceptors (Lipinski definition) is 2. The average Bonchev–Trinajstić information content (AvgIpc) is 2.37. The third-order valence-corrected chi connectivity index (χ3v) is 2.90. The Balaban J connectivity index is 2.15. The smallest absolute Gasteiger partial charge is 0.125 e. The predicted molar refractivity (Wildman–Crippen MR) is 72.5 cm³/mol. The molecule has 0 radical (unpaired) electrons. The predicted octanol–water partition coefficient (Wildman–Crippen LogP) is 3.77. The monoisotopic (exact) mass is 260 g/mol. The molecular formula is C16H17FO2. The summed E-state index contributed by atoms with van der Waals surface area (Å²) in [6.45, 7) is 4.00. The van der Waals surface area contributed by atoms with E-state index in [0.717, 1.165) is 11.1 Å². The molecule has 100 valence electrons. The second-order valence-electron chi connectivity index (χ2n) is 4.64. The van der Waals surface area contributed by atoms with E-state index in [9.17, 15) is 9.50 Å². The zero-order valence-corrected chi connectivity index (χ0v) is 11.1. The van der Waals surface area contributed by atoms with Crippen molar-refractivity contribution >= 4 is 0 Å². The first-order valence-electron chi connectivity index (χ1n) is 6.22. The summed E-state index contributed by atoms with van der Waals surface area (Å²) in [6, 6.07) is 12.2. The van der Waals surface area contributed by atoms with Crippen LogP contribution in [-0.4, -0.2) is 5.11 Å². The molecular weight excluding hydrogens is 243 g/mol. The van der Waals surface area contributed by atoms with Gasteiger partial charge in [-0.2, -0.15) is 0 Å². The van der Waals surface area contributed by atoms with Gasteiger partial charge in [-0.05, 0) is 37.6 Å². The van der Waals surface area contributed by atoms with Crippen molar-refractivity contribution in [3.05, 3.63) is 65.0 Å². The molecule has 1 N–H and O–H groups in total. The maximum absolute atomic E-state index is 13.2. The van der Waals surface area contributed by atoms with Crippen LogP contribution in [0.25, 0.3) is 0 Å². The van der Waals surface area contributed by atoms with Crippen LogP contribution in [0.4, 0.5) is 4.39 Å². The van der Waals surface area contributed by atoms with E-state index in [1.54, 1.807) is 13.0 Å². The van der Waals surface area contributed by atoms with Crippen LogP contribution in [0, 0.1) is 12.7 Å².